The molecule has 0 radical (unpaired) electrons. The molecule has 0 aromatic heterocycles. The third kappa shape index (κ3) is 8.68. The largest absolute Gasteiger partial charge is 0.379 e. The molecule has 0 saturated carbocycles. The van der Waals surface area contributed by atoms with E-state index < -0.39 is 6.04 Å². The Morgan fingerprint density at radius 2 is 1.88 bits per heavy atom. The normalized spacial score (nSPS) is 13.2. The Morgan fingerprint density at radius 3 is 2.38 bits per heavy atom. The van der Waals surface area contributed by atoms with Crippen LogP contribution in [0.5, 0.6) is 0 Å². The highest BCUT2D eigenvalue weighted by Gasteiger charge is 2.13. The van der Waals surface area contributed by atoms with Gasteiger partial charge in [-0.15, -0.1) is 0 Å². The molecule has 0 aromatic rings. The van der Waals surface area contributed by atoms with Gasteiger partial charge in [0, 0.05) is 13.2 Å². The zero-order valence-electron chi connectivity index (χ0n) is 11.0. The SMILES string of the molecule is CC(C)COCCNC(=O)[C@H](N)CC(C)C. The number of nitrogens with two attached hydrogens (primary N) is 1. The lowest BCUT2D eigenvalue weighted by molar-refractivity contribution is -0.122. The summed E-state index contributed by atoms with van der Waals surface area (Å²) >= 11 is 0. The number of nitrogens with one attached hydrogen (secondary N) is 1. The maximum atomic E-state index is 11.5. The first kappa shape index (κ1) is 15.4. The zero-order chi connectivity index (χ0) is 12.6. The molecule has 0 aliphatic carbocycles. The standard InChI is InChI=1S/C12H26N2O2/c1-9(2)7-11(13)12(15)14-5-6-16-8-10(3)4/h9-11H,5-8,13H2,1-4H3,(H,14,15)/t11-/m1/s1. The number of amides is 1. The molecule has 0 spiro atoms. The van der Waals surface area contributed by atoms with Gasteiger partial charge in [0.2, 0.25) is 5.91 Å². The first-order valence-corrected chi connectivity index (χ1v) is 6.04. The average molecular weight is 230 g/mol. The van der Waals surface area contributed by atoms with Crippen LogP contribution in [0.4, 0.5) is 0 Å². The molecule has 0 saturated heterocycles. The molecule has 0 aliphatic rings. The highest BCUT2D eigenvalue weighted by Crippen LogP contribution is 2.02. The summed E-state index contributed by atoms with van der Waals surface area (Å²) in [5, 5.41) is 2.77. The highest BCUT2D eigenvalue weighted by molar-refractivity contribution is 5.81. The van der Waals surface area contributed by atoms with Gasteiger partial charge >= 0.3 is 0 Å². The molecule has 0 unspecified atom stereocenters. The Morgan fingerprint density at radius 1 is 1.25 bits per heavy atom. The van der Waals surface area contributed by atoms with Crippen molar-refractivity contribution in [2.45, 2.75) is 40.2 Å². The molecular formula is C12H26N2O2. The fourth-order valence-corrected chi connectivity index (χ4v) is 1.31. The van der Waals surface area contributed by atoms with E-state index in [0.717, 1.165) is 13.0 Å². The second kappa shape index (κ2) is 8.53. The van der Waals surface area contributed by atoms with Crippen LogP contribution in [0, 0.1) is 11.8 Å². The van der Waals surface area contributed by atoms with Gasteiger partial charge in [0.25, 0.3) is 0 Å². The second-order valence-electron chi connectivity index (χ2n) is 5.00. The van der Waals surface area contributed by atoms with Gasteiger partial charge in [0.05, 0.1) is 12.6 Å². The van der Waals surface area contributed by atoms with Crippen molar-refractivity contribution >= 4 is 5.91 Å². The third-order valence-corrected chi connectivity index (χ3v) is 2.06. The summed E-state index contributed by atoms with van der Waals surface area (Å²) in [7, 11) is 0. The number of ether oxygens (including phenoxy) is 1. The summed E-state index contributed by atoms with van der Waals surface area (Å²) in [4.78, 5) is 11.5. The molecule has 1 amide bonds. The molecule has 0 heterocycles. The van der Waals surface area contributed by atoms with Crippen LogP contribution in [0.1, 0.15) is 34.1 Å². The topological polar surface area (TPSA) is 64.3 Å². The van der Waals surface area contributed by atoms with Crippen molar-refractivity contribution in [3.63, 3.8) is 0 Å². The Labute approximate surface area is 98.9 Å². The quantitative estimate of drug-likeness (QED) is 0.615. The number of hydrogen-bond donors (Lipinski definition) is 2. The lowest BCUT2D eigenvalue weighted by Gasteiger charge is -2.14. The summed E-state index contributed by atoms with van der Waals surface area (Å²) in [6.07, 6.45) is 0.721. The van der Waals surface area contributed by atoms with Crippen molar-refractivity contribution < 1.29 is 9.53 Å². The van der Waals surface area contributed by atoms with Crippen molar-refractivity contribution in [3.8, 4) is 0 Å². The molecular weight excluding hydrogens is 204 g/mol. The van der Waals surface area contributed by atoms with E-state index in [1.807, 2.05) is 0 Å². The van der Waals surface area contributed by atoms with Crippen LogP contribution in [-0.2, 0) is 9.53 Å². The second-order valence-corrected chi connectivity index (χ2v) is 5.00. The maximum absolute atomic E-state index is 11.5. The molecule has 96 valence electrons. The fourth-order valence-electron chi connectivity index (χ4n) is 1.31. The van der Waals surface area contributed by atoms with Crippen molar-refractivity contribution in [1.82, 2.24) is 5.32 Å². The summed E-state index contributed by atoms with van der Waals surface area (Å²) in [6.45, 7) is 10.1. The maximum Gasteiger partial charge on any atom is 0.237 e. The summed E-state index contributed by atoms with van der Waals surface area (Å²) in [5.74, 6) is 0.888. The van der Waals surface area contributed by atoms with E-state index in [1.54, 1.807) is 0 Å². The van der Waals surface area contributed by atoms with Crippen LogP contribution in [0.2, 0.25) is 0 Å². The molecule has 1 atom stereocenters. The molecule has 0 aromatic carbocycles. The molecule has 4 nitrogen and oxygen atoms in total. The van der Waals surface area contributed by atoms with Gasteiger partial charge in [-0.25, -0.2) is 0 Å². The van der Waals surface area contributed by atoms with Crippen molar-refractivity contribution in [2.75, 3.05) is 19.8 Å². The molecule has 4 heteroatoms. The van der Waals surface area contributed by atoms with E-state index >= 15 is 0 Å². The van der Waals surface area contributed by atoms with Gasteiger partial charge in [-0.1, -0.05) is 27.7 Å². The minimum absolute atomic E-state index is 0.0816. The van der Waals surface area contributed by atoms with Crippen LogP contribution in [0.3, 0.4) is 0 Å². The fraction of sp³-hybridized carbons (Fsp3) is 0.917. The molecule has 0 fully saturated rings. The van der Waals surface area contributed by atoms with Crippen LogP contribution >= 0.6 is 0 Å². The van der Waals surface area contributed by atoms with E-state index in [4.69, 9.17) is 10.5 Å². The molecule has 0 bridgehead atoms. The predicted molar refractivity (Wildman–Crippen MR) is 66.1 cm³/mol. The summed E-state index contributed by atoms with van der Waals surface area (Å²) < 4.78 is 5.35. The monoisotopic (exact) mass is 230 g/mol. The van der Waals surface area contributed by atoms with Gasteiger partial charge < -0.3 is 15.8 Å². The summed E-state index contributed by atoms with van der Waals surface area (Å²) in [5.41, 5.74) is 5.73. The predicted octanol–water partition coefficient (Wildman–Crippen LogP) is 1.15. The Balaban J connectivity index is 3.50. The first-order chi connectivity index (χ1) is 7.43. The van der Waals surface area contributed by atoms with Gasteiger partial charge in [0.15, 0.2) is 0 Å². The number of rotatable bonds is 8. The van der Waals surface area contributed by atoms with Gasteiger partial charge in [-0.3, -0.25) is 4.79 Å². The Hall–Kier alpha value is -0.610. The molecule has 3 N–H and O–H groups in total. The number of carbonyl (C=O) groups is 1. The van der Waals surface area contributed by atoms with E-state index in [0.29, 0.717) is 25.0 Å². The van der Waals surface area contributed by atoms with E-state index in [1.165, 1.54) is 0 Å². The third-order valence-electron chi connectivity index (χ3n) is 2.06. The Kier molecular flexibility index (Phi) is 8.21. The highest BCUT2D eigenvalue weighted by atomic mass is 16.5. The van der Waals surface area contributed by atoms with Gasteiger partial charge in [0.1, 0.15) is 0 Å². The molecule has 0 aliphatic heterocycles. The lowest BCUT2D eigenvalue weighted by atomic mass is 10.0. The van der Waals surface area contributed by atoms with Crippen LogP contribution in [0.15, 0.2) is 0 Å². The zero-order valence-corrected chi connectivity index (χ0v) is 11.0. The minimum Gasteiger partial charge on any atom is -0.379 e. The smallest absolute Gasteiger partial charge is 0.237 e. The minimum atomic E-state index is -0.398. The lowest BCUT2D eigenvalue weighted by Crippen LogP contribution is -2.42. The summed E-state index contributed by atoms with van der Waals surface area (Å²) in [6, 6.07) is -0.398. The van der Waals surface area contributed by atoms with E-state index in [2.05, 4.69) is 33.0 Å². The molecule has 0 rings (SSSR count). The van der Waals surface area contributed by atoms with E-state index in [9.17, 15) is 4.79 Å². The molecule has 16 heavy (non-hydrogen) atoms. The van der Waals surface area contributed by atoms with Gasteiger partial charge in [-0.05, 0) is 18.3 Å². The van der Waals surface area contributed by atoms with Crippen LogP contribution < -0.4 is 11.1 Å². The number of hydrogen-bond acceptors (Lipinski definition) is 3. The van der Waals surface area contributed by atoms with Gasteiger partial charge in [-0.2, -0.15) is 0 Å². The van der Waals surface area contributed by atoms with Crippen molar-refractivity contribution in [1.29, 1.82) is 0 Å². The first-order valence-electron chi connectivity index (χ1n) is 6.04. The average Bonchev–Trinajstić information content (AvgIpc) is 2.15. The number of carbonyl (C=O) groups excluding carboxylic acids is 1. The Bertz CT molecular complexity index is 193. The van der Waals surface area contributed by atoms with Crippen molar-refractivity contribution in [2.24, 2.45) is 17.6 Å². The van der Waals surface area contributed by atoms with E-state index in [-0.39, 0.29) is 5.91 Å². The van der Waals surface area contributed by atoms with Crippen LogP contribution in [0.25, 0.3) is 0 Å². The van der Waals surface area contributed by atoms with Crippen LogP contribution in [-0.4, -0.2) is 31.7 Å². The van der Waals surface area contributed by atoms with Crippen molar-refractivity contribution in [3.05, 3.63) is 0 Å².